The van der Waals surface area contributed by atoms with Crippen molar-refractivity contribution in [2.45, 2.75) is 0 Å². The first-order chi connectivity index (χ1) is 15.9. The van der Waals surface area contributed by atoms with E-state index in [4.69, 9.17) is 9.47 Å². The van der Waals surface area contributed by atoms with Crippen LogP contribution < -0.4 is 20.2 Å². The molecule has 0 aliphatic rings. The number of carbonyl (C=O) groups is 3. The maximum Gasteiger partial charge on any atom is 0.343 e. The Kier molecular flexibility index (Phi) is 8.34. The van der Waals surface area contributed by atoms with Crippen molar-refractivity contribution >= 4 is 61.5 Å². The van der Waals surface area contributed by atoms with Crippen molar-refractivity contribution in [3.8, 4) is 11.5 Å². The number of nitrogens with one attached hydrogen (secondary N) is 2. The number of hydrazone groups is 1. The third-order valence-corrected chi connectivity index (χ3v) is 5.16. The van der Waals surface area contributed by atoms with E-state index in [2.05, 4.69) is 47.7 Å². The van der Waals surface area contributed by atoms with Crippen molar-refractivity contribution < 1.29 is 23.9 Å². The number of esters is 1. The lowest BCUT2D eigenvalue weighted by molar-refractivity contribution is -0.136. The first-order valence-electron chi connectivity index (χ1n) is 9.41. The quantitative estimate of drug-likeness (QED) is 0.148. The van der Waals surface area contributed by atoms with Gasteiger partial charge in [0.15, 0.2) is 11.5 Å². The van der Waals surface area contributed by atoms with Gasteiger partial charge < -0.3 is 14.8 Å². The smallest absolute Gasteiger partial charge is 0.343 e. The average molecular weight is 575 g/mol. The summed E-state index contributed by atoms with van der Waals surface area (Å²) in [5.41, 5.74) is 3.54. The summed E-state index contributed by atoms with van der Waals surface area (Å²) in [6.07, 6.45) is 1.33. The molecule has 3 aromatic rings. The normalized spacial score (nSPS) is 10.5. The summed E-state index contributed by atoms with van der Waals surface area (Å²) < 4.78 is 12.3. The van der Waals surface area contributed by atoms with Crippen LogP contribution in [0.2, 0.25) is 0 Å². The van der Waals surface area contributed by atoms with Gasteiger partial charge in [-0.1, -0.05) is 37.9 Å². The third-order valence-electron chi connectivity index (χ3n) is 4.14. The molecule has 10 heteroatoms. The lowest BCUT2D eigenvalue weighted by Crippen LogP contribution is -2.32. The highest BCUT2D eigenvalue weighted by atomic mass is 79.9. The second kappa shape index (κ2) is 11.4. The zero-order chi connectivity index (χ0) is 23.8. The Bertz CT molecular complexity index is 1210. The van der Waals surface area contributed by atoms with Crippen molar-refractivity contribution in [1.29, 1.82) is 0 Å². The molecule has 2 N–H and O–H groups in total. The van der Waals surface area contributed by atoms with Crippen LogP contribution in [-0.2, 0) is 9.59 Å². The highest BCUT2D eigenvalue weighted by Gasteiger charge is 2.14. The molecule has 0 heterocycles. The molecule has 0 saturated carbocycles. The number of anilines is 1. The van der Waals surface area contributed by atoms with Crippen LogP contribution in [0.15, 0.2) is 80.8 Å². The molecule has 0 unspecified atom stereocenters. The van der Waals surface area contributed by atoms with Crippen molar-refractivity contribution in [2.75, 3.05) is 12.4 Å². The van der Waals surface area contributed by atoms with Gasteiger partial charge in [-0.3, -0.25) is 9.59 Å². The maximum atomic E-state index is 12.4. The molecular formula is C23H17Br2N3O5. The fourth-order valence-electron chi connectivity index (χ4n) is 2.56. The molecule has 0 aliphatic heterocycles. The number of ether oxygens (including phenoxy) is 2. The van der Waals surface area contributed by atoms with Crippen molar-refractivity contribution in [1.82, 2.24) is 5.43 Å². The minimum atomic E-state index is -0.930. The lowest BCUT2D eigenvalue weighted by atomic mass is 10.2. The molecule has 0 fully saturated rings. The van der Waals surface area contributed by atoms with Crippen molar-refractivity contribution in [2.24, 2.45) is 5.10 Å². The second-order valence-corrected chi connectivity index (χ2v) is 8.30. The Hall–Kier alpha value is -3.50. The average Bonchev–Trinajstić information content (AvgIpc) is 2.81. The molecule has 3 rings (SSSR count). The summed E-state index contributed by atoms with van der Waals surface area (Å²) in [7, 11) is 1.43. The first kappa shape index (κ1) is 24.1. The largest absolute Gasteiger partial charge is 0.493 e. The minimum absolute atomic E-state index is 0.220. The van der Waals surface area contributed by atoms with Gasteiger partial charge in [-0.2, -0.15) is 5.10 Å². The van der Waals surface area contributed by atoms with Crippen LogP contribution in [0.25, 0.3) is 0 Å². The van der Waals surface area contributed by atoms with E-state index in [1.807, 2.05) is 0 Å². The predicted octanol–water partition coefficient (Wildman–Crippen LogP) is 4.53. The van der Waals surface area contributed by atoms with E-state index in [-0.39, 0.29) is 5.75 Å². The van der Waals surface area contributed by atoms with Crippen LogP contribution in [0, 0.1) is 0 Å². The van der Waals surface area contributed by atoms with Crippen LogP contribution >= 0.6 is 31.9 Å². The lowest BCUT2D eigenvalue weighted by Gasteiger charge is -2.10. The van der Waals surface area contributed by atoms with Gasteiger partial charge in [-0.25, -0.2) is 10.2 Å². The molecule has 0 bridgehead atoms. The van der Waals surface area contributed by atoms with E-state index in [9.17, 15) is 14.4 Å². The van der Waals surface area contributed by atoms with E-state index in [0.717, 1.165) is 8.95 Å². The Morgan fingerprint density at radius 2 is 1.64 bits per heavy atom. The summed E-state index contributed by atoms with van der Waals surface area (Å²) in [6.45, 7) is 0. The molecule has 33 heavy (non-hydrogen) atoms. The third kappa shape index (κ3) is 6.99. The van der Waals surface area contributed by atoms with Crippen LogP contribution in [0.5, 0.6) is 11.5 Å². The SMILES string of the molecule is COc1cc(/C=N/NC(=O)C(=O)Nc2ccc(Br)cc2)ccc1OC(=O)c1cccc(Br)c1. The molecule has 0 aliphatic carbocycles. The molecule has 8 nitrogen and oxygen atoms in total. The Morgan fingerprint density at radius 1 is 0.879 bits per heavy atom. The van der Waals surface area contributed by atoms with E-state index in [1.54, 1.807) is 60.7 Å². The summed E-state index contributed by atoms with van der Waals surface area (Å²) >= 11 is 6.60. The highest BCUT2D eigenvalue weighted by Crippen LogP contribution is 2.28. The van der Waals surface area contributed by atoms with Gasteiger partial charge in [0.1, 0.15) is 0 Å². The van der Waals surface area contributed by atoms with Crippen molar-refractivity contribution in [3.63, 3.8) is 0 Å². The number of benzene rings is 3. The molecule has 0 radical (unpaired) electrons. The Labute approximate surface area is 206 Å². The fraction of sp³-hybridized carbons (Fsp3) is 0.0435. The van der Waals surface area contributed by atoms with Gasteiger partial charge in [0, 0.05) is 14.6 Å². The monoisotopic (exact) mass is 573 g/mol. The highest BCUT2D eigenvalue weighted by molar-refractivity contribution is 9.10. The van der Waals surface area contributed by atoms with E-state index in [1.165, 1.54) is 19.4 Å². The van der Waals surface area contributed by atoms with E-state index >= 15 is 0 Å². The van der Waals surface area contributed by atoms with Crippen LogP contribution in [0.4, 0.5) is 5.69 Å². The zero-order valence-corrected chi connectivity index (χ0v) is 20.3. The minimum Gasteiger partial charge on any atom is -0.493 e. The predicted molar refractivity (Wildman–Crippen MR) is 131 cm³/mol. The summed E-state index contributed by atoms with van der Waals surface area (Å²) in [4.78, 5) is 36.2. The van der Waals surface area contributed by atoms with Gasteiger partial charge in [-0.05, 0) is 66.2 Å². The molecule has 0 spiro atoms. The number of nitrogens with zero attached hydrogens (tertiary/aromatic N) is 1. The van der Waals surface area contributed by atoms with Gasteiger partial charge in [0.2, 0.25) is 0 Å². The number of methoxy groups -OCH3 is 1. The molecule has 168 valence electrons. The van der Waals surface area contributed by atoms with Gasteiger partial charge >= 0.3 is 17.8 Å². The number of hydrogen-bond acceptors (Lipinski definition) is 6. The molecular weight excluding hydrogens is 558 g/mol. The number of amides is 2. The summed E-state index contributed by atoms with van der Waals surface area (Å²) in [5.74, 6) is -1.82. The second-order valence-electron chi connectivity index (χ2n) is 6.47. The van der Waals surface area contributed by atoms with Gasteiger partial charge in [0.25, 0.3) is 0 Å². The summed E-state index contributed by atoms with van der Waals surface area (Å²) in [6, 6.07) is 18.3. The standard InChI is InChI=1S/C23H17Br2N3O5/c1-32-20-11-14(5-10-19(20)33-23(31)15-3-2-4-17(25)12-15)13-26-28-22(30)21(29)27-18-8-6-16(24)7-9-18/h2-13H,1H3,(H,27,29)(H,28,30)/b26-13+. The van der Waals surface area contributed by atoms with Gasteiger partial charge in [-0.15, -0.1) is 0 Å². The zero-order valence-electron chi connectivity index (χ0n) is 17.2. The Morgan fingerprint density at radius 3 is 2.33 bits per heavy atom. The number of rotatable bonds is 6. The van der Waals surface area contributed by atoms with Crippen LogP contribution in [0.3, 0.4) is 0 Å². The van der Waals surface area contributed by atoms with Gasteiger partial charge in [0.05, 0.1) is 18.9 Å². The molecule has 3 aromatic carbocycles. The first-order valence-corrected chi connectivity index (χ1v) is 11.0. The fourth-order valence-corrected chi connectivity index (χ4v) is 3.22. The molecule has 2 amide bonds. The molecule has 0 atom stereocenters. The topological polar surface area (TPSA) is 106 Å². The molecule has 0 aromatic heterocycles. The van der Waals surface area contributed by atoms with E-state index in [0.29, 0.717) is 22.6 Å². The van der Waals surface area contributed by atoms with Crippen LogP contribution in [0.1, 0.15) is 15.9 Å². The maximum absolute atomic E-state index is 12.4. The number of hydrogen-bond donors (Lipinski definition) is 2. The summed E-state index contributed by atoms with van der Waals surface area (Å²) in [5, 5.41) is 6.24. The number of halogens is 2. The molecule has 0 saturated heterocycles. The Balaban J connectivity index is 1.60. The van der Waals surface area contributed by atoms with Crippen molar-refractivity contribution in [3.05, 3.63) is 86.8 Å². The van der Waals surface area contributed by atoms with E-state index < -0.39 is 17.8 Å². The van der Waals surface area contributed by atoms with Crippen LogP contribution in [-0.4, -0.2) is 31.1 Å². The number of carbonyl (C=O) groups excluding carboxylic acids is 3.